The molecular weight excluding hydrogens is 510 g/mol. The zero-order chi connectivity index (χ0) is 26.6. The highest BCUT2D eigenvalue weighted by Crippen LogP contribution is 2.55. The summed E-state index contributed by atoms with van der Waals surface area (Å²) in [6.45, 7) is 4.51. The van der Waals surface area contributed by atoms with Crippen LogP contribution in [0, 0.1) is 13.8 Å². The molecule has 0 saturated heterocycles. The highest BCUT2D eigenvalue weighted by Gasteiger charge is 2.36. The van der Waals surface area contributed by atoms with Crippen LogP contribution < -0.4 is 21.5 Å². The number of hydrogen-bond acceptors (Lipinski definition) is 1. The molecule has 2 aliphatic carbocycles. The number of aryl methyl sites for hydroxylation is 1. The van der Waals surface area contributed by atoms with E-state index < -0.39 is 7.92 Å². The van der Waals surface area contributed by atoms with Gasteiger partial charge in [0.15, 0.2) is 0 Å². The van der Waals surface area contributed by atoms with Crippen LogP contribution in [-0.2, 0) is 0 Å². The average molecular weight is 553 g/mol. The molecule has 6 rings (SSSR count). The molecule has 202 valence electrons. The third kappa shape index (κ3) is 5.80. The fourth-order valence-electron chi connectivity index (χ4n) is 6.77. The van der Waals surface area contributed by atoms with Crippen LogP contribution in [0.5, 0.6) is 0 Å². The Morgan fingerprint density at radius 1 is 0.590 bits per heavy atom. The predicted octanol–water partition coefficient (Wildman–Crippen LogP) is 8.02. The van der Waals surface area contributed by atoms with Gasteiger partial charge in [-0.3, -0.25) is 4.57 Å². The smallest absolute Gasteiger partial charge is 0.137 e. The highest BCUT2D eigenvalue weighted by molar-refractivity contribution is 7.79. The molecular formula is C35H42N2P2. The van der Waals surface area contributed by atoms with Crippen LogP contribution in [0.25, 0.3) is 5.69 Å². The van der Waals surface area contributed by atoms with Gasteiger partial charge in [0.05, 0.1) is 5.69 Å². The third-order valence-corrected chi connectivity index (χ3v) is 14.7. The Balaban J connectivity index is 1.40. The summed E-state index contributed by atoms with van der Waals surface area (Å²) in [6.07, 6.45) is 14.1. The van der Waals surface area contributed by atoms with Crippen LogP contribution in [-0.4, -0.2) is 20.9 Å². The van der Waals surface area contributed by atoms with Crippen molar-refractivity contribution in [2.45, 2.75) is 89.4 Å². The molecule has 3 aromatic carbocycles. The lowest BCUT2D eigenvalue weighted by Gasteiger charge is -2.38. The fourth-order valence-corrected chi connectivity index (χ4v) is 12.9. The van der Waals surface area contributed by atoms with Crippen molar-refractivity contribution in [1.82, 2.24) is 9.55 Å². The second-order valence-electron chi connectivity index (χ2n) is 11.4. The van der Waals surface area contributed by atoms with Gasteiger partial charge in [-0.25, -0.2) is 4.98 Å². The van der Waals surface area contributed by atoms with Gasteiger partial charge in [0.25, 0.3) is 0 Å². The van der Waals surface area contributed by atoms with Crippen LogP contribution in [0.15, 0.2) is 84.9 Å². The van der Waals surface area contributed by atoms with E-state index in [9.17, 15) is 0 Å². The van der Waals surface area contributed by atoms with Gasteiger partial charge in [0.1, 0.15) is 5.57 Å². The summed E-state index contributed by atoms with van der Waals surface area (Å²) in [6, 6.07) is 31.6. The van der Waals surface area contributed by atoms with Gasteiger partial charge in [-0.1, -0.05) is 111 Å². The number of nitrogens with zero attached hydrogens (tertiary/aromatic N) is 2. The number of rotatable bonds is 7. The number of aromatic nitrogens is 2. The van der Waals surface area contributed by atoms with Crippen LogP contribution in [0.2, 0.25) is 0 Å². The maximum Gasteiger partial charge on any atom is 0.137 e. The minimum absolute atomic E-state index is 0.268. The molecule has 0 N–H and O–H groups in total. The lowest BCUT2D eigenvalue weighted by Crippen LogP contribution is -2.31. The summed E-state index contributed by atoms with van der Waals surface area (Å²) in [7, 11) is -0.860. The average Bonchev–Trinajstić information content (AvgIpc) is 3.29. The van der Waals surface area contributed by atoms with Crippen molar-refractivity contribution >= 4 is 37.3 Å². The molecule has 0 spiro atoms. The predicted molar refractivity (Wildman–Crippen MR) is 172 cm³/mol. The molecule has 0 bridgehead atoms. The summed E-state index contributed by atoms with van der Waals surface area (Å²) in [5.41, 5.74) is 6.94. The first-order valence-corrected chi connectivity index (χ1v) is 17.9. The summed E-state index contributed by atoms with van der Waals surface area (Å²) >= 11 is 0. The molecule has 0 aliphatic heterocycles. The molecule has 0 amide bonds. The van der Waals surface area contributed by atoms with E-state index in [0.717, 1.165) is 11.3 Å². The molecule has 0 unspecified atom stereocenters. The Morgan fingerprint density at radius 3 is 1.54 bits per heavy atom. The second-order valence-corrected chi connectivity index (χ2v) is 16.3. The number of imidazole rings is 1. The molecule has 39 heavy (non-hydrogen) atoms. The van der Waals surface area contributed by atoms with E-state index in [0.29, 0.717) is 0 Å². The monoisotopic (exact) mass is 552 g/mol. The van der Waals surface area contributed by atoms with Crippen molar-refractivity contribution < 1.29 is 0 Å². The Morgan fingerprint density at radius 2 is 1.05 bits per heavy atom. The van der Waals surface area contributed by atoms with E-state index >= 15 is 0 Å². The van der Waals surface area contributed by atoms with Gasteiger partial charge in [0.2, 0.25) is 0 Å². The van der Waals surface area contributed by atoms with Gasteiger partial charge >= 0.3 is 0 Å². The molecule has 4 heteroatoms. The van der Waals surface area contributed by atoms with E-state index in [1.54, 1.807) is 0 Å². The van der Waals surface area contributed by atoms with E-state index in [2.05, 4.69) is 103 Å². The minimum Gasteiger partial charge on any atom is -0.297 e. The van der Waals surface area contributed by atoms with Gasteiger partial charge in [0, 0.05) is 11.4 Å². The van der Waals surface area contributed by atoms with E-state index in [-0.39, 0.29) is 7.92 Å². The molecule has 0 radical (unpaired) electrons. The second kappa shape index (κ2) is 12.5. The normalized spacial score (nSPS) is 17.2. The minimum atomic E-state index is -0.591. The largest absolute Gasteiger partial charge is 0.297 e. The molecule has 2 saturated carbocycles. The van der Waals surface area contributed by atoms with Crippen molar-refractivity contribution in [3.05, 3.63) is 96.3 Å². The van der Waals surface area contributed by atoms with Crippen molar-refractivity contribution in [2.24, 2.45) is 0 Å². The maximum atomic E-state index is 5.39. The summed E-state index contributed by atoms with van der Waals surface area (Å²) in [5, 5.41) is 4.21. The van der Waals surface area contributed by atoms with Crippen molar-refractivity contribution in [2.75, 3.05) is 0 Å². The lowest BCUT2D eigenvalue weighted by molar-refractivity contribution is 0.486. The first-order valence-electron chi connectivity index (χ1n) is 15.1. The maximum absolute atomic E-state index is 5.39. The van der Waals surface area contributed by atoms with Crippen molar-refractivity contribution in [1.29, 1.82) is 0 Å². The van der Waals surface area contributed by atoms with E-state index in [4.69, 9.17) is 4.98 Å². The topological polar surface area (TPSA) is 17.8 Å². The summed E-state index contributed by atoms with van der Waals surface area (Å²) in [4.78, 5) is 5.39. The third-order valence-electron chi connectivity index (χ3n) is 8.89. The molecule has 1 aromatic heterocycles. The molecule has 1 heterocycles. The number of benzene rings is 3. The molecule has 4 aromatic rings. The first kappa shape index (κ1) is 26.9. The molecule has 2 nitrogen and oxygen atoms in total. The lowest BCUT2D eigenvalue weighted by atomic mass is 9.99. The quantitative estimate of drug-likeness (QED) is 0.212. The summed E-state index contributed by atoms with van der Waals surface area (Å²) in [5.74, 6) is 0. The van der Waals surface area contributed by atoms with Gasteiger partial charge in [-0.05, 0) is 94.7 Å². The van der Waals surface area contributed by atoms with Crippen LogP contribution in [0.1, 0.15) is 75.6 Å². The Kier molecular flexibility index (Phi) is 8.63. The molecule has 2 aliphatic rings. The van der Waals surface area contributed by atoms with Crippen LogP contribution >= 0.6 is 15.8 Å². The molecule has 0 atom stereocenters. The zero-order valence-electron chi connectivity index (χ0n) is 23.6. The fraction of sp³-hybridized carbons (Fsp3) is 0.400. The van der Waals surface area contributed by atoms with E-state index in [1.165, 1.54) is 103 Å². The van der Waals surface area contributed by atoms with Gasteiger partial charge in [-0.2, -0.15) is 0 Å². The zero-order valence-corrected chi connectivity index (χ0v) is 25.4. The summed E-state index contributed by atoms with van der Waals surface area (Å²) < 4.78 is 2.57. The van der Waals surface area contributed by atoms with Crippen molar-refractivity contribution in [3.8, 4) is 5.69 Å². The number of hydrogen-bond donors (Lipinski definition) is 0. The van der Waals surface area contributed by atoms with Gasteiger partial charge in [-0.15, -0.1) is 0 Å². The van der Waals surface area contributed by atoms with Gasteiger partial charge < -0.3 is 0 Å². The molecule has 2 fully saturated rings. The van der Waals surface area contributed by atoms with E-state index in [1.807, 2.05) is 0 Å². The first-order chi connectivity index (χ1) is 19.2. The Bertz CT molecular complexity index is 1280. The highest BCUT2D eigenvalue weighted by atomic mass is 31.1. The van der Waals surface area contributed by atoms with Crippen LogP contribution in [0.4, 0.5) is 0 Å². The Labute approximate surface area is 237 Å². The Hall–Kier alpha value is -2.27. The van der Waals surface area contributed by atoms with Crippen LogP contribution in [0.3, 0.4) is 0 Å². The SMILES string of the molecule is Cc1nc(P(C2CCCCC2)C2CCCCC2)n(-c2ccc(P(c3ccccc3)c3ccccc3)cc2)c1C. The van der Waals surface area contributed by atoms with Crippen molar-refractivity contribution in [3.63, 3.8) is 0 Å². The standard InChI is InChI=1S/C35H42N2P2/c1-27-28(2)37(35(36-27)39(32-19-11-5-12-20-32)33-21-13-6-14-22-33)29-23-25-34(26-24-29)38(30-15-7-3-8-16-30)31-17-9-4-10-18-31/h3-4,7-10,15-18,23-26,32-33H,5-6,11-14,19-22H2,1-2H3.